The number of hydrogen-bond acceptors (Lipinski definition) is 7. The monoisotopic (exact) mass is 598 g/mol. The number of carboxylic acid groups (broad SMARTS) is 1. The number of carbonyl (C=O) groups is 1. The molecular weight excluding hydrogens is 560 g/mol. The molecule has 1 N–H and O–H groups in total. The fourth-order valence-corrected chi connectivity index (χ4v) is 5.14. The molecule has 0 unspecified atom stereocenters. The smallest absolute Gasteiger partial charge is 0.335 e. The van der Waals surface area contributed by atoms with Gasteiger partial charge in [-0.1, -0.05) is 103 Å². The molecule has 1 aliphatic rings. The number of aliphatic carboxylic acids is 1. The molecule has 4 aromatic carbocycles. The van der Waals surface area contributed by atoms with E-state index in [0.717, 1.165) is 28.0 Å². The normalized spacial score (nSPS) is 21.5. The van der Waals surface area contributed by atoms with Crippen LogP contribution in [0.4, 0.5) is 0 Å². The fourth-order valence-electron chi connectivity index (χ4n) is 5.14. The van der Waals surface area contributed by atoms with Gasteiger partial charge >= 0.3 is 5.97 Å². The van der Waals surface area contributed by atoms with Gasteiger partial charge in [0.25, 0.3) is 0 Å². The van der Waals surface area contributed by atoms with Crippen LogP contribution < -0.4 is 4.74 Å². The molecule has 0 aromatic heterocycles. The van der Waals surface area contributed by atoms with Gasteiger partial charge in [0, 0.05) is 0 Å². The average molecular weight is 599 g/mol. The summed E-state index contributed by atoms with van der Waals surface area (Å²) in [6.45, 7) is 1.10. The van der Waals surface area contributed by atoms with Crippen LogP contribution in [0.1, 0.15) is 22.3 Å². The Morgan fingerprint density at radius 1 is 0.614 bits per heavy atom. The summed E-state index contributed by atoms with van der Waals surface area (Å²) in [4.78, 5) is 12.6. The summed E-state index contributed by atoms with van der Waals surface area (Å²) < 4.78 is 36.9. The number of ether oxygens (including phenoxy) is 6. The van der Waals surface area contributed by atoms with Crippen molar-refractivity contribution in [2.24, 2.45) is 0 Å². The third-order valence-electron chi connectivity index (χ3n) is 7.44. The van der Waals surface area contributed by atoms with Crippen molar-refractivity contribution in [2.75, 3.05) is 13.7 Å². The van der Waals surface area contributed by atoms with Crippen LogP contribution in [-0.4, -0.2) is 55.3 Å². The molecule has 5 rings (SSSR count). The van der Waals surface area contributed by atoms with Crippen molar-refractivity contribution in [1.29, 1.82) is 0 Å². The average Bonchev–Trinajstić information content (AvgIpc) is 3.07. The van der Waals surface area contributed by atoms with Gasteiger partial charge in [-0.05, 0) is 34.4 Å². The molecule has 1 aliphatic heterocycles. The highest BCUT2D eigenvalue weighted by molar-refractivity contribution is 5.73. The summed E-state index contributed by atoms with van der Waals surface area (Å²) in [5.74, 6) is -0.388. The molecule has 1 saturated heterocycles. The number of carboxylic acids is 1. The molecule has 0 radical (unpaired) electrons. The van der Waals surface area contributed by atoms with Gasteiger partial charge in [0.15, 0.2) is 6.10 Å². The van der Waals surface area contributed by atoms with Crippen LogP contribution in [0.5, 0.6) is 5.75 Å². The zero-order valence-corrected chi connectivity index (χ0v) is 24.7. The van der Waals surface area contributed by atoms with Crippen LogP contribution in [0.25, 0.3) is 0 Å². The van der Waals surface area contributed by atoms with Crippen molar-refractivity contribution >= 4 is 5.97 Å². The van der Waals surface area contributed by atoms with Gasteiger partial charge in [-0.2, -0.15) is 0 Å². The molecule has 8 heteroatoms. The third kappa shape index (κ3) is 8.75. The standard InChI is InChI=1S/C36H38O8/c1-39-30-19-17-29(18-20-30)21-40-25-31-32(41-22-26-11-5-2-6-12-26)33(42-23-27-13-7-3-8-14-27)34(35(44-31)36(37)38)43-24-28-15-9-4-10-16-28/h2-20,31-35H,21-25H2,1H3,(H,37,38)/t31-,32-,33+,34-,35+/m1/s1. The Morgan fingerprint density at radius 3 is 1.55 bits per heavy atom. The van der Waals surface area contributed by atoms with Crippen LogP contribution in [0.2, 0.25) is 0 Å². The summed E-state index contributed by atoms with van der Waals surface area (Å²) >= 11 is 0. The molecule has 1 heterocycles. The first-order chi connectivity index (χ1) is 21.6. The number of hydrogen-bond donors (Lipinski definition) is 1. The number of methoxy groups -OCH3 is 1. The van der Waals surface area contributed by atoms with Gasteiger partial charge in [0.2, 0.25) is 0 Å². The van der Waals surface area contributed by atoms with Crippen LogP contribution in [0.15, 0.2) is 115 Å². The second kappa shape index (κ2) is 16.1. The van der Waals surface area contributed by atoms with Gasteiger partial charge in [-0.25, -0.2) is 4.79 Å². The van der Waals surface area contributed by atoms with Crippen molar-refractivity contribution in [3.8, 4) is 5.75 Å². The van der Waals surface area contributed by atoms with Crippen molar-refractivity contribution in [3.05, 3.63) is 138 Å². The molecule has 4 aromatic rings. The van der Waals surface area contributed by atoms with Crippen LogP contribution in [0.3, 0.4) is 0 Å². The minimum atomic E-state index is -1.30. The summed E-state index contributed by atoms with van der Waals surface area (Å²) in [6.07, 6.45) is -4.45. The molecule has 0 saturated carbocycles. The molecule has 230 valence electrons. The van der Waals surface area contributed by atoms with Gasteiger partial charge in [0.05, 0.1) is 40.1 Å². The van der Waals surface area contributed by atoms with Gasteiger partial charge in [-0.15, -0.1) is 0 Å². The predicted octanol–water partition coefficient (Wildman–Crippen LogP) is 5.82. The highest BCUT2D eigenvalue weighted by Gasteiger charge is 2.51. The summed E-state index contributed by atoms with van der Waals surface area (Å²) in [7, 11) is 1.62. The molecule has 0 spiro atoms. The van der Waals surface area contributed by atoms with E-state index in [9.17, 15) is 9.90 Å². The predicted molar refractivity (Wildman–Crippen MR) is 164 cm³/mol. The lowest BCUT2D eigenvalue weighted by Gasteiger charge is -2.45. The number of benzene rings is 4. The highest BCUT2D eigenvalue weighted by atomic mass is 16.6. The lowest BCUT2D eigenvalue weighted by molar-refractivity contribution is -0.271. The quantitative estimate of drug-likeness (QED) is 0.183. The Morgan fingerprint density at radius 2 is 1.07 bits per heavy atom. The zero-order chi connectivity index (χ0) is 30.6. The second-order valence-corrected chi connectivity index (χ2v) is 10.6. The van der Waals surface area contributed by atoms with E-state index in [1.165, 1.54) is 0 Å². The first-order valence-electron chi connectivity index (χ1n) is 14.7. The highest BCUT2D eigenvalue weighted by Crippen LogP contribution is 2.31. The Kier molecular flexibility index (Phi) is 11.5. The minimum absolute atomic E-state index is 0.0892. The molecule has 44 heavy (non-hydrogen) atoms. The van der Waals surface area contributed by atoms with E-state index in [4.69, 9.17) is 28.4 Å². The van der Waals surface area contributed by atoms with E-state index in [-0.39, 0.29) is 26.4 Å². The van der Waals surface area contributed by atoms with E-state index >= 15 is 0 Å². The third-order valence-corrected chi connectivity index (χ3v) is 7.44. The SMILES string of the molecule is COc1ccc(COC[C@H]2O[C@H](C(=O)O)[C@H](OCc3ccccc3)[C@@H](OCc3ccccc3)[C@@H]2OCc2ccccc2)cc1. The summed E-state index contributed by atoms with van der Waals surface area (Å²) in [5, 5.41) is 10.3. The topological polar surface area (TPSA) is 92.7 Å². The lowest BCUT2D eigenvalue weighted by atomic mass is 9.94. The second-order valence-electron chi connectivity index (χ2n) is 10.6. The molecular formula is C36H38O8. The Labute approximate surface area is 258 Å². The molecule has 8 nitrogen and oxygen atoms in total. The van der Waals surface area contributed by atoms with Crippen molar-refractivity contribution in [3.63, 3.8) is 0 Å². The van der Waals surface area contributed by atoms with E-state index in [1.807, 2.05) is 115 Å². The largest absolute Gasteiger partial charge is 0.497 e. The van der Waals surface area contributed by atoms with Gasteiger partial charge in [0.1, 0.15) is 30.2 Å². The van der Waals surface area contributed by atoms with Crippen molar-refractivity contribution in [2.45, 2.75) is 56.9 Å². The first-order valence-corrected chi connectivity index (χ1v) is 14.7. The Balaban J connectivity index is 1.40. The number of rotatable bonds is 15. The first kappa shape index (κ1) is 31.4. The van der Waals surface area contributed by atoms with Gasteiger partial charge < -0.3 is 33.5 Å². The molecule has 1 fully saturated rings. The molecule has 0 amide bonds. The Hall–Kier alpha value is -4.05. The van der Waals surface area contributed by atoms with Crippen LogP contribution in [-0.2, 0) is 54.9 Å². The summed E-state index contributed by atoms with van der Waals surface area (Å²) in [5.41, 5.74) is 3.76. The van der Waals surface area contributed by atoms with E-state index < -0.39 is 36.5 Å². The zero-order valence-electron chi connectivity index (χ0n) is 24.7. The van der Waals surface area contributed by atoms with Crippen molar-refractivity contribution < 1.29 is 38.3 Å². The van der Waals surface area contributed by atoms with Crippen molar-refractivity contribution in [1.82, 2.24) is 0 Å². The molecule has 0 bridgehead atoms. The summed E-state index contributed by atoms with van der Waals surface area (Å²) in [6, 6.07) is 36.7. The lowest BCUT2D eigenvalue weighted by Crippen LogP contribution is -2.63. The maximum atomic E-state index is 12.6. The van der Waals surface area contributed by atoms with Gasteiger partial charge in [-0.3, -0.25) is 0 Å². The van der Waals surface area contributed by atoms with Crippen LogP contribution >= 0.6 is 0 Å². The fraction of sp³-hybridized carbons (Fsp3) is 0.306. The molecule has 0 aliphatic carbocycles. The molecule has 5 atom stereocenters. The van der Waals surface area contributed by atoms with Crippen LogP contribution in [0, 0.1) is 0 Å². The Bertz CT molecular complexity index is 1400. The maximum Gasteiger partial charge on any atom is 0.335 e. The maximum absolute atomic E-state index is 12.6. The minimum Gasteiger partial charge on any atom is -0.497 e. The van der Waals surface area contributed by atoms with E-state index in [2.05, 4.69) is 0 Å². The van der Waals surface area contributed by atoms with E-state index in [1.54, 1.807) is 7.11 Å². The van der Waals surface area contributed by atoms with E-state index in [0.29, 0.717) is 6.61 Å².